The number of aliphatic hydroxyl groups excluding tert-OH is 1. The topological polar surface area (TPSA) is 26.7 Å². The van der Waals surface area contributed by atoms with Gasteiger partial charge < -0.3 is 14.9 Å². The molecule has 0 radical (unpaired) electrons. The molecular formula is C15H32N2O. The molecule has 0 aromatic rings. The second-order valence-corrected chi connectivity index (χ2v) is 5.59. The fraction of sp³-hybridized carbons (Fsp3) is 1.00. The number of likely N-dealkylation sites (N-methyl/N-ethyl adjacent to an activating group) is 1. The molecule has 1 saturated heterocycles. The van der Waals surface area contributed by atoms with Gasteiger partial charge in [0, 0.05) is 32.8 Å². The predicted molar refractivity (Wildman–Crippen MR) is 77.9 cm³/mol. The lowest BCUT2D eigenvalue weighted by molar-refractivity contribution is 0.133. The molecule has 1 fully saturated rings. The minimum Gasteiger partial charge on any atom is -0.396 e. The van der Waals surface area contributed by atoms with Crippen molar-refractivity contribution in [2.45, 2.75) is 46.0 Å². The van der Waals surface area contributed by atoms with Crippen molar-refractivity contribution in [2.75, 3.05) is 45.9 Å². The first-order chi connectivity index (χ1) is 8.80. The number of hydrogen-bond donors (Lipinski definition) is 1. The second kappa shape index (κ2) is 9.76. The minimum absolute atomic E-state index is 0.361. The molecule has 1 aliphatic rings. The number of nitrogens with zero attached hydrogens (tertiary/aromatic N) is 2. The zero-order valence-corrected chi connectivity index (χ0v) is 12.4. The SMILES string of the molecule is CCC[C@H](CCO)CCCN1CCN(CC)CC1. The van der Waals surface area contributed by atoms with Crippen molar-refractivity contribution in [1.29, 1.82) is 0 Å². The van der Waals surface area contributed by atoms with Gasteiger partial charge in [-0.3, -0.25) is 0 Å². The molecule has 1 heterocycles. The Labute approximate surface area is 113 Å². The lowest BCUT2D eigenvalue weighted by atomic mass is 9.95. The van der Waals surface area contributed by atoms with Gasteiger partial charge in [0.25, 0.3) is 0 Å². The Bertz CT molecular complexity index is 185. The van der Waals surface area contributed by atoms with Crippen molar-refractivity contribution in [2.24, 2.45) is 5.92 Å². The van der Waals surface area contributed by atoms with Crippen LogP contribution in [0.5, 0.6) is 0 Å². The molecule has 0 aromatic carbocycles. The van der Waals surface area contributed by atoms with Gasteiger partial charge in [0.2, 0.25) is 0 Å². The van der Waals surface area contributed by atoms with E-state index in [0.29, 0.717) is 6.61 Å². The molecule has 1 aliphatic heterocycles. The molecule has 1 N–H and O–H groups in total. The van der Waals surface area contributed by atoms with Crippen LogP contribution in [0.1, 0.15) is 46.0 Å². The Morgan fingerprint density at radius 1 is 0.944 bits per heavy atom. The molecule has 0 saturated carbocycles. The molecule has 0 aliphatic carbocycles. The molecule has 0 unspecified atom stereocenters. The fourth-order valence-corrected chi connectivity index (χ4v) is 2.96. The molecule has 3 heteroatoms. The van der Waals surface area contributed by atoms with E-state index in [1.165, 1.54) is 65.0 Å². The van der Waals surface area contributed by atoms with E-state index in [-0.39, 0.29) is 0 Å². The second-order valence-electron chi connectivity index (χ2n) is 5.59. The quantitative estimate of drug-likeness (QED) is 0.685. The first-order valence-electron chi connectivity index (χ1n) is 7.85. The highest BCUT2D eigenvalue weighted by Crippen LogP contribution is 2.17. The number of rotatable bonds is 9. The summed E-state index contributed by atoms with van der Waals surface area (Å²) < 4.78 is 0. The Hall–Kier alpha value is -0.120. The van der Waals surface area contributed by atoms with Crippen LogP contribution in [0, 0.1) is 5.92 Å². The summed E-state index contributed by atoms with van der Waals surface area (Å²) in [5, 5.41) is 9.05. The van der Waals surface area contributed by atoms with Gasteiger partial charge in [-0.2, -0.15) is 0 Å². The summed E-state index contributed by atoms with van der Waals surface area (Å²) in [6, 6.07) is 0. The monoisotopic (exact) mass is 256 g/mol. The predicted octanol–water partition coefficient (Wildman–Crippen LogP) is 2.20. The van der Waals surface area contributed by atoms with Gasteiger partial charge in [-0.15, -0.1) is 0 Å². The molecule has 0 amide bonds. The van der Waals surface area contributed by atoms with Crippen molar-refractivity contribution >= 4 is 0 Å². The Balaban J connectivity index is 2.09. The fourth-order valence-electron chi connectivity index (χ4n) is 2.96. The molecule has 108 valence electrons. The minimum atomic E-state index is 0.361. The summed E-state index contributed by atoms with van der Waals surface area (Å²) in [6.07, 6.45) is 6.13. The largest absolute Gasteiger partial charge is 0.396 e. The molecule has 1 rings (SSSR count). The molecular weight excluding hydrogens is 224 g/mol. The third-order valence-electron chi connectivity index (χ3n) is 4.23. The summed E-state index contributed by atoms with van der Waals surface area (Å²) in [5.41, 5.74) is 0. The summed E-state index contributed by atoms with van der Waals surface area (Å²) in [5.74, 6) is 0.747. The molecule has 0 bridgehead atoms. The third kappa shape index (κ3) is 6.17. The summed E-state index contributed by atoms with van der Waals surface area (Å²) in [4.78, 5) is 5.14. The first kappa shape index (κ1) is 15.9. The van der Waals surface area contributed by atoms with Crippen LogP contribution < -0.4 is 0 Å². The van der Waals surface area contributed by atoms with Gasteiger partial charge in [0.1, 0.15) is 0 Å². The maximum atomic E-state index is 9.05. The van der Waals surface area contributed by atoms with Crippen LogP contribution in [0.3, 0.4) is 0 Å². The van der Waals surface area contributed by atoms with Crippen LogP contribution in [-0.4, -0.2) is 60.8 Å². The van der Waals surface area contributed by atoms with Gasteiger partial charge in [0.15, 0.2) is 0 Å². The van der Waals surface area contributed by atoms with E-state index in [0.717, 1.165) is 12.3 Å². The molecule has 3 nitrogen and oxygen atoms in total. The Morgan fingerprint density at radius 3 is 2.17 bits per heavy atom. The highest BCUT2D eigenvalue weighted by molar-refractivity contribution is 4.71. The van der Waals surface area contributed by atoms with Gasteiger partial charge in [-0.1, -0.05) is 26.7 Å². The Morgan fingerprint density at radius 2 is 1.61 bits per heavy atom. The zero-order chi connectivity index (χ0) is 13.2. The van der Waals surface area contributed by atoms with Crippen LogP contribution >= 0.6 is 0 Å². The maximum Gasteiger partial charge on any atom is 0.0433 e. The van der Waals surface area contributed by atoms with Crippen molar-refractivity contribution in [3.63, 3.8) is 0 Å². The van der Waals surface area contributed by atoms with E-state index < -0.39 is 0 Å². The lowest BCUT2D eigenvalue weighted by Crippen LogP contribution is -2.46. The van der Waals surface area contributed by atoms with Crippen LogP contribution in [0.4, 0.5) is 0 Å². The summed E-state index contributed by atoms with van der Waals surface area (Å²) in [7, 11) is 0. The first-order valence-corrected chi connectivity index (χ1v) is 7.85. The van der Waals surface area contributed by atoms with E-state index in [2.05, 4.69) is 23.6 Å². The van der Waals surface area contributed by atoms with Crippen LogP contribution in [0.25, 0.3) is 0 Å². The smallest absolute Gasteiger partial charge is 0.0433 e. The van der Waals surface area contributed by atoms with E-state index in [1.807, 2.05) is 0 Å². The van der Waals surface area contributed by atoms with Gasteiger partial charge in [-0.05, 0) is 38.3 Å². The van der Waals surface area contributed by atoms with Gasteiger partial charge in [-0.25, -0.2) is 0 Å². The van der Waals surface area contributed by atoms with E-state index in [9.17, 15) is 0 Å². The van der Waals surface area contributed by atoms with Gasteiger partial charge in [0.05, 0.1) is 0 Å². The number of piperazine rings is 1. The van der Waals surface area contributed by atoms with Crippen LogP contribution in [0.15, 0.2) is 0 Å². The van der Waals surface area contributed by atoms with E-state index in [1.54, 1.807) is 0 Å². The third-order valence-corrected chi connectivity index (χ3v) is 4.23. The number of aliphatic hydroxyl groups is 1. The molecule has 0 aromatic heterocycles. The molecule has 1 atom stereocenters. The number of hydrogen-bond acceptors (Lipinski definition) is 3. The average molecular weight is 256 g/mol. The van der Waals surface area contributed by atoms with Gasteiger partial charge >= 0.3 is 0 Å². The van der Waals surface area contributed by atoms with Crippen molar-refractivity contribution in [3.05, 3.63) is 0 Å². The Kier molecular flexibility index (Phi) is 8.64. The maximum absolute atomic E-state index is 9.05. The zero-order valence-electron chi connectivity index (χ0n) is 12.4. The normalized spacial score (nSPS) is 20.2. The van der Waals surface area contributed by atoms with E-state index in [4.69, 9.17) is 5.11 Å². The van der Waals surface area contributed by atoms with Crippen molar-refractivity contribution in [3.8, 4) is 0 Å². The lowest BCUT2D eigenvalue weighted by Gasteiger charge is -2.34. The summed E-state index contributed by atoms with van der Waals surface area (Å²) in [6.45, 7) is 12.3. The highest BCUT2D eigenvalue weighted by Gasteiger charge is 2.15. The molecule has 18 heavy (non-hydrogen) atoms. The van der Waals surface area contributed by atoms with E-state index >= 15 is 0 Å². The van der Waals surface area contributed by atoms with Crippen molar-refractivity contribution in [1.82, 2.24) is 9.80 Å². The highest BCUT2D eigenvalue weighted by atomic mass is 16.3. The average Bonchev–Trinajstić information content (AvgIpc) is 2.40. The molecule has 0 spiro atoms. The van der Waals surface area contributed by atoms with Crippen molar-refractivity contribution < 1.29 is 5.11 Å². The van der Waals surface area contributed by atoms with Crippen LogP contribution in [-0.2, 0) is 0 Å². The standard InChI is InChI=1S/C15H32N2O/c1-3-6-15(8-14-18)7-5-9-17-12-10-16(4-2)11-13-17/h15,18H,3-14H2,1-2H3/t15-/m0/s1. The van der Waals surface area contributed by atoms with Crippen LogP contribution in [0.2, 0.25) is 0 Å². The summed E-state index contributed by atoms with van der Waals surface area (Å²) >= 11 is 0.